The summed E-state index contributed by atoms with van der Waals surface area (Å²) in [6, 6.07) is 36.0. The molecule has 3 N–H and O–H groups in total. The first kappa shape index (κ1) is 35.5. The van der Waals surface area contributed by atoms with E-state index in [0.29, 0.717) is 36.6 Å². The number of nitrogens with zero attached hydrogens (tertiary/aromatic N) is 5. The number of aromatic amines is 2. The number of pyridine rings is 2. The highest BCUT2D eigenvalue weighted by Crippen LogP contribution is 2.35. The second-order valence-corrected chi connectivity index (χ2v) is 15.1. The largest absolute Gasteiger partial charge is 0.459 e. The number of hydrogen-bond donors (Lipinski definition) is 3. The SMILES string of the molecule is O=C(OCc1ccccc1)N1CCC[C@H]1c1nc2ncc(-c3ccc4cc(-c5cnc6nc([C@]7(C(=O)OCc8ccccc8)CCCN7)[nH]c6c5)ccc4c3)cc2[nH]1. The summed E-state index contributed by atoms with van der Waals surface area (Å²) in [5.41, 5.74) is 7.50. The van der Waals surface area contributed by atoms with Gasteiger partial charge in [-0.1, -0.05) is 84.9 Å². The number of carbonyl (C=O) groups excluding carboxylic acids is 2. The Morgan fingerprint density at radius 2 is 1.31 bits per heavy atom. The molecule has 4 aromatic carbocycles. The van der Waals surface area contributed by atoms with Crippen LogP contribution in [0.1, 0.15) is 54.5 Å². The van der Waals surface area contributed by atoms with Crippen molar-refractivity contribution in [1.29, 1.82) is 0 Å². The summed E-state index contributed by atoms with van der Waals surface area (Å²) < 4.78 is 11.5. The van der Waals surface area contributed by atoms with E-state index in [4.69, 9.17) is 24.4 Å². The Hall–Kier alpha value is -6.92. The maximum atomic E-state index is 13.5. The predicted molar refractivity (Wildman–Crippen MR) is 220 cm³/mol. The van der Waals surface area contributed by atoms with Crippen molar-refractivity contribution in [3.05, 3.63) is 144 Å². The summed E-state index contributed by atoms with van der Waals surface area (Å²) in [4.78, 5) is 54.2. The third-order valence-electron chi connectivity index (χ3n) is 11.3. The van der Waals surface area contributed by atoms with Gasteiger partial charge in [-0.2, -0.15) is 0 Å². The van der Waals surface area contributed by atoms with E-state index in [1.165, 1.54) is 0 Å². The molecule has 58 heavy (non-hydrogen) atoms. The molecule has 0 aliphatic carbocycles. The van der Waals surface area contributed by atoms with Gasteiger partial charge in [0.25, 0.3) is 0 Å². The lowest BCUT2D eigenvalue weighted by atomic mass is 9.96. The Morgan fingerprint density at radius 3 is 1.95 bits per heavy atom. The van der Waals surface area contributed by atoms with Crippen molar-refractivity contribution < 1.29 is 19.1 Å². The molecule has 0 unspecified atom stereocenters. The summed E-state index contributed by atoms with van der Waals surface area (Å²) in [7, 11) is 0. The molecule has 6 heterocycles. The van der Waals surface area contributed by atoms with Crippen molar-refractivity contribution in [3.8, 4) is 22.3 Å². The normalized spacial score (nSPS) is 18.0. The third-order valence-corrected chi connectivity index (χ3v) is 11.3. The molecule has 0 radical (unpaired) electrons. The highest BCUT2D eigenvalue weighted by molar-refractivity contribution is 5.92. The first-order valence-electron chi connectivity index (χ1n) is 19.7. The van der Waals surface area contributed by atoms with E-state index < -0.39 is 5.54 Å². The second kappa shape index (κ2) is 14.9. The van der Waals surface area contributed by atoms with E-state index in [-0.39, 0.29) is 31.3 Å². The van der Waals surface area contributed by atoms with Crippen LogP contribution in [0.2, 0.25) is 0 Å². The number of amides is 1. The average Bonchev–Trinajstić information content (AvgIpc) is 4.11. The Kier molecular flexibility index (Phi) is 9.10. The van der Waals surface area contributed by atoms with Crippen LogP contribution in [0.25, 0.3) is 55.4 Å². The van der Waals surface area contributed by atoms with Gasteiger partial charge < -0.3 is 19.4 Å². The van der Waals surface area contributed by atoms with Gasteiger partial charge in [-0.15, -0.1) is 0 Å². The highest BCUT2D eigenvalue weighted by Gasteiger charge is 2.47. The lowest BCUT2D eigenvalue weighted by molar-refractivity contribution is -0.153. The van der Waals surface area contributed by atoms with Gasteiger partial charge in [-0.25, -0.2) is 29.5 Å². The third kappa shape index (κ3) is 6.71. The van der Waals surface area contributed by atoms with E-state index >= 15 is 0 Å². The summed E-state index contributed by atoms with van der Waals surface area (Å²) >= 11 is 0. The van der Waals surface area contributed by atoms with Crippen LogP contribution in [-0.4, -0.2) is 60.0 Å². The zero-order valence-electron chi connectivity index (χ0n) is 31.7. The molecule has 2 atom stereocenters. The van der Waals surface area contributed by atoms with Crippen molar-refractivity contribution in [1.82, 2.24) is 40.1 Å². The highest BCUT2D eigenvalue weighted by atomic mass is 16.6. The Morgan fingerprint density at radius 1 is 0.690 bits per heavy atom. The zero-order chi connectivity index (χ0) is 39.1. The van der Waals surface area contributed by atoms with Crippen LogP contribution in [-0.2, 0) is 33.0 Å². The average molecular weight is 769 g/mol. The molecule has 8 aromatic rings. The van der Waals surface area contributed by atoms with Crippen molar-refractivity contribution in [3.63, 3.8) is 0 Å². The summed E-state index contributed by atoms with van der Waals surface area (Å²) in [5, 5.41) is 5.55. The van der Waals surface area contributed by atoms with Crippen molar-refractivity contribution in [2.24, 2.45) is 0 Å². The molecule has 0 spiro atoms. The first-order valence-corrected chi connectivity index (χ1v) is 19.7. The number of nitrogens with one attached hydrogen (secondary N) is 3. The Bertz CT molecular complexity index is 2800. The second-order valence-electron chi connectivity index (χ2n) is 15.1. The number of benzene rings is 4. The van der Waals surface area contributed by atoms with Gasteiger partial charge >= 0.3 is 12.1 Å². The maximum Gasteiger partial charge on any atom is 0.410 e. The minimum Gasteiger partial charge on any atom is -0.459 e. The van der Waals surface area contributed by atoms with Crippen LogP contribution in [0.4, 0.5) is 4.79 Å². The fourth-order valence-electron chi connectivity index (χ4n) is 8.23. The minimum absolute atomic E-state index is 0.197. The van der Waals surface area contributed by atoms with Gasteiger partial charge in [0.15, 0.2) is 16.8 Å². The van der Waals surface area contributed by atoms with Crippen LogP contribution in [0.3, 0.4) is 0 Å². The molecule has 1 amide bonds. The summed E-state index contributed by atoms with van der Waals surface area (Å²) in [6.07, 6.45) is 6.42. The molecule has 2 fully saturated rings. The summed E-state index contributed by atoms with van der Waals surface area (Å²) in [5.74, 6) is 0.892. The number of likely N-dealkylation sites (tertiary alicyclic amines) is 1. The zero-order valence-corrected chi connectivity index (χ0v) is 31.7. The number of imidazole rings is 2. The Balaban J connectivity index is 0.858. The topological polar surface area (TPSA) is 151 Å². The van der Waals surface area contributed by atoms with Gasteiger partial charge in [0.1, 0.15) is 24.9 Å². The van der Waals surface area contributed by atoms with Gasteiger partial charge in [0.2, 0.25) is 0 Å². The lowest BCUT2D eigenvalue weighted by Gasteiger charge is -2.24. The van der Waals surface area contributed by atoms with Crippen LogP contribution in [0.5, 0.6) is 0 Å². The molecule has 2 saturated heterocycles. The van der Waals surface area contributed by atoms with Gasteiger partial charge in [0, 0.05) is 30.1 Å². The summed E-state index contributed by atoms with van der Waals surface area (Å²) in [6.45, 7) is 1.74. The van der Waals surface area contributed by atoms with Gasteiger partial charge in [-0.3, -0.25) is 10.2 Å². The molecule has 2 aliphatic heterocycles. The molecule has 0 saturated carbocycles. The molecule has 12 nitrogen and oxygen atoms in total. The van der Waals surface area contributed by atoms with Crippen LogP contribution >= 0.6 is 0 Å². The van der Waals surface area contributed by atoms with E-state index in [0.717, 1.165) is 80.3 Å². The molecular weight excluding hydrogens is 729 g/mol. The smallest absolute Gasteiger partial charge is 0.410 e. The number of esters is 1. The number of hydrogen-bond acceptors (Lipinski definition) is 9. The fourth-order valence-corrected chi connectivity index (χ4v) is 8.23. The van der Waals surface area contributed by atoms with Gasteiger partial charge in [0.05, 0.1) is 17.1 Å². The molecular formula is C46H40N8O4. The molecule has 0 bridgehead atoms. The predicted octanol–water partition coefficient (Wildman–Crippen LogP) is 8.51. The van der Waals surface area contributed by atoms with Crippen molar-refractivity contribution in [2.75, 3.05) is 13.1 Å². The number of rotatable bonds is 9. The monoisotopic (exact) mass is 768 g/mol. The fraction of sp³-hybridized carbons (Fsp3) is 0.217. The van der Waals surface area contributed by atoms with Crippen LogP contribution in [0, 0.1) is 0 Å². The number of fused-ring (bicyclic) bond motifs is 3. The van der Waals surface area contributed by atoms with E-state index in [9.17, 15) is 9.59 Å². The quantitative estimate of drug-likeness (QED) is 0.123. The van der Waals surface area contributed by atoms with Crippen molar-refractivity contribution >= 4 is 45.2 Å². The van der Waals surface area contributed by atoms with E-state index in [2.05, 4.69) is 62.7 Å². The van der Waals surface area contributed by atoms with Gasteiger partial charge in [-0.05, 0) is 89.5 Å². The first-order chi connectivity index (χ1) is 28.5. The Labute approximate surface area is 333 Å². The molecule has 2 aliphatic rings. The standard InChI is InChI=1S/C46H40N8O4/c55-44(57-27-29-9-3-1-4-10-29)46(18-8-19-49-46)43-51-38-24-36(26-48-41(38)53-43)34-17-15-31-21-33(16-14-32(31)22-34)35-23-37-40(47-25-35)52-42(50-37)39-13-7-20-54(39)45(56)58-28-30-11-5-2-6-12-30/h1-6,9-12,14-17,21-26,39,49H,7-8,13,18-20,27-28H2,(H,47,50,52)(H,48,51,53)/t39-,46-/m0/s1. The lowest BCUT2D eigenvalue weighted by Crippen LogP contribution is -2.46. The van der Waals surface area contributed by atoms with Crippen LogP contribution in [0.15, 0.2) is 122 Å². The number of H-pyrrole nitrogens is 2. The minimum atomic E-state index is -1.05. The van der Waals surface area contributed by atoms with Crippen LogP contribution < -0.4 is 5.32 Å². The molecule has 10 rings (SSSR count). The number of ether oxygens (including phenoxy) is 2. The molecule has 288 valence electrons. The maximum absolute atomic E-state index is 13.5. The number of carbonyl (C=O) groups is 2. The van der Waals surface area contributed by atoms with E-state index in [1.807, 2.05) is 79.1 Å². The van der Waals surface area contributed by atoms with E-state index in [1.54, 1.807) is 4.90 Å². The molecule has 12 heteroatoms. The van der Waals surface area contributed by atoms with Crippen molar-refractivity contribution in [2.45, 2.75) is 50.5 Å². The number of aromatic nitrogens is 6. The molecule has 4 aromatic heterocycles.